The van der Waals surface area contributed by atoms with Gasteiger partial charge < -0.3 is 4.42 Å². The van der Waals surface area contributed by atoms with E-state index in [0.717, 1.165) is 12.1 Å². The molecule has 116 valence electrons. The van der Waals surface area contributed by atoms with Gasteiger partial charge >= 0.3 is 6.18 Å². The van der Waals surface area contributed by atoms with Crippen molar-refractivity contribution in [2.45, 2.75) is 20.0 Å². The molecule has 0 spiro atoms. The molecule has 1 heterocycles. The molecular formula is C15H13F3N2O2. The second-order valence-electron chi connectivity index (χ2n) is 4.65. The number of hydrogen-bond acceptors (Lipinski definition) is 3. The number of aryl methyl sites for hydroxylation is 2. The second kappa shape index (κ2) is 6.05. The largest absolute Gasteiger partial charge is 0.466 e. The quantitative estimate of drug-likeness (QED) is 0.694. The van der Waals surface area contributed by atoms with Gasteiger partial charge in [0.05, 0.1) is 17.3 Å². The van der Waals surface area contributed by atoms with Gasteiger partial charge in [-0.25, -0.2) is 5.43 Å². The van der Waals surface area contributed by atoms with Crippen LogP contribution in [0.4, 0.5) is 13.2 Å². The van der Waals surface area contributed by atoms with Gasteiger partial charge in [-0.15, -0.1) is 0 Å². The van der Waals surface area contributed by atoms with E-state index in [1.807, 2.05) is 0 Å². The van der Waals surface area contributed by atoms with E-state index in [-0.39, 0.29) is 0 Å². The molecule has 0 aliphatic carbocycles. The lowest BCUT2D eigenvalue weighted by Gasteiger charge is -2.05. The summed E-state index contributed by atoms with van der Waals surface area (Å²) < 4.78 is 42.4. The number of nitrogens with one attached hydrogen (secondary N) is 1. The van der Waals surface area contributed by atoms with Crippen LogP contribution in [0, 0.1) is 13.8 Å². The van der Waals surface area contributed by atoms with Crippen LogP contribution in [0.3, 0.4) is 0 Å². The summed E-state index contributed by atoms with van der Waals surface area (Å²) in [6.07, 6.45) is -3.11. The van der Waals surface area contributed by atoms with Crippen molar-refractivity contribution >= 4 is 12.1 Å². The molecule has 1 N–H and O–H groups in total. The van der Waals surface area contributed by atoms with Crippen LogP contribution in [-0.2, 0) is 6.18 Å². The molecule has 1 aromatic carbocycles. The molecule has 7 heteroatoms. The molecule has 0 radical (unpaired) electrons. The van der Waals surface area contributed by atoms with Gasteiger partial charge in [-0.05, 0) is 37.6 Å². The molecule has 2 rings (SSSR count). The standard InChI is InChI=1S/C15H13F3N2O2/c1-9-7-13(10(2)22-9)14(21)20-19-8-11-3-5-12(6-4-11)15(16,17)18/h3-8H,1-2H3,(H,20,21)/b19-8-. The lowest BCUT2D eigenvalue weighted by atomic mass is 10.1. The third-order valence-electron chi connectivity index (χ3n) is 2.90. The highest BCUT2D eigenvalue weighted by Gasteiger charge is 2.29. The Bertz CT molecular complexity index is 701. The van der Waals surface area contributed by atoms with Gasteiger partial charge in [0.25, 0.3) is 5.91 Å². The SMILES string of the molecule is Cc1cc(C(=O)N/N=C\c2ccc(C(F)(F)F)cc2)c(C)o1. The Labute approximate surface area is 124 Å². The molecule has 0 bridgehead atoms. The fraction of sp³-hybridized carbons (Fsp3) is 0.200. The summed E-state index contributed by atoms with van der Waals surface area (Å²) in [5, 5.41) is 3.71. The van der Waals surface area contributed by atoms with Gasteiger partial charge in [0.15, 0.2) is 0 Å². The topological polar surface area (TPSA) is 54.6 Å². The summed E-state index contributed by atoms with van der Waals surface area (Å²) in [6, 6.07) is 6.02. The van der Waals surface area contributed by atoms with E-state index >= 15 is 0 Å². The molecule has 0 aliphatic rings. The summed E-state index contributed by atoms with van der Waals surface area (Å²) in [6.45, 7) is 3.37. The minimum atomic E-state index is -4.37. The van der Waals surface area contributed by atoms with E-state index in [9.17, 15) is 18.0 Å². The zero-order valence-electron chi connectivity index (χ0n) is 11.9. The predicted octanol–water partition coefficient (Wildman–Crippen LogP) is 3.68. The number of furan rings is 1. The van der Waals surface area contributed by atoms with E-state index < -0.39 is 17.6 Å². The maximum Gasteiger partial charge on any atom is 0.416 e. The van der Waals surface area contributed by atoms with Gasteiger partial charge in [0.2, 0.25) is 0 Å². The number of alkyl halides is 3. The van der Waals surface area contributed by atoms with Crippen molar-refractivity contribution in [2.24, 2.45) is 5.10 Å². The van der Waals surface area contributed by atoms with Crippen LogP contribution in [0.2, 0.25) is 0 Å². The highest BCUT2D eigenvalue weighted by atomic mass is 19.4. The zero-order chi connectivity index (χ0) is 16.3. The number of benzene rings is 1. The van der Waals surface area contributed by atoms with Crippen LogP contribution in [0.25, 0.3) is 0 Å². The average Bonchev–Trinajstić information content (AvgIpc) is 2.77. The van der Waals surface area contributed by atoms with Crippen LogP contribution >= 0.6 is 0 Å². The average molecular weight is 310 g/mol. The third kappa shape index (κ3) is 3.75. The van der Waals surface area contributed by atoms with Crippen LogP contribution in [-0.4, -0.2) is 12.1 Å². The molecule has 2 aromatic rings. The van der Waals surface area contributed by atoms with E-state index in [1.165, 1.54) is 18.3 Å². The third-order valence-corrected chi connectivity index (χ3v) is 2.90. The summed E-state index contributed by atoms with van der Waals surface area (Å²) >= 11 is 0. The van der Waals surface area contributed by atoms with Crippen molar-refractivity contribution < 1.29 is 22.4 Å². The summed E-state index contributed by atoms with van der Waals surface area (Å²) in [5.74, 6) is 0.631. The van der Waals surface area contributed by atoms with Crippen molar-refractivity contribution in [3.63, 3.8) is 0 Å². The van der Waals surface area contributed by atoms with Crippen molar-refractivity contribution in [1.82, 2.24) is 5.43 Å². The monoisotopic (exact) mass is 310 g/mol. The molecule has 0 fully saturated rings. The van der Waals surface area contributed by atoms with Gasteiger partial charge in [-0.3, -0.25) is 4.79 Å². The summed E-state index contributed by atoms with van der Waals surface area (Å²) in [5.41, 5.74) is 2.36. The van der Waals surface area contributed by atoms with E-state index in [0.29, 0.717) is 22.6 Å². The number of carbonyl (C=O) groups excluding carboxylic acids is 1. The fourth-order valence-corrected chi connectivity index (χ4v) is 1.84. The number of hydrogen-bond donors (Lipinski definition) is 1. The molecule has 0 saturated carbocycles. The van der Waals surface area contributed by atoms with Crippen molar-refractivity contribution in [1.29, 1.82) is 0 Å². The number of rotatable bonds is 3. The molecule has 0 saturated heterocycles. The Hall–Kier alpha value is -2.57. The fourth-order valence-electron chi connectivity index (χ4n) is 1.84. The number of halogens is 3. The highest BCUT2D eigenvalue weighted by molar-refractivity contribution is 5.95. The van der Waals surface area contributed by atoms with Crippen LogP contribution < -0.4 is 5.43 Å². The van der Waals surface area contributed by atoms with Crippen LogP contribution in [0.1, 0.15) is 33.0 Å². The number of carbonyl (C=O) groups is 1. The van der Waals surface area contributed by atoms with Gasteiger partial charge in [-0.1, -0.05) is 12.1 Å². The smallest absolute Gasteiger partial charge is 0.416 e. The molecular weight excluding hydrogens is 297 g/mol. The lowest BCUT2D eigenvalue weighted by Crippen LogP contribution is -2.17. The molecule has 1 aromatic heterocycles. The van der Waals surface area contributed by atoms with Crippen LogP contribution in [0.5, 0.6) is 0 Å². The molecule has 22 heavy (non-hydrogen) atoms. The van der Waals surface area contributed by atoms with Crippen LogP contribution in [0.15, 0.2) is 39.9 Å². The second-order valence-corrected chi connectivity index (χ2v) is 4.65. The molecule has 0 unspecified atom stereocenters. The lowest BCUT2D eigenvalue weighted by molar-refractivity contribution is -0.137. The molecule has 4 nitrogen and oxygen atoms in total. The van der Waals surface area contributed by atoms with Gasteiger partial charge in [0.1, 0.15) is 11.5 Å². The highest BCUT2D eigenvalue weighted by Crippen LogP contribution is 2.28. The first-order valence-corrected chi connectivity index (χ1v) is 6.35. The van der Waals surface area contributed by atoms with Gasteiger partial charge in [0, 0.05) is 0 Å². The first-order valence-electron chi connectivity index (χ1n) is 6.35. The summed E-state index contributed by atoms with van der Waals surface area (Å²) in [7, 11) is 0. The zero-order valence-corrected chi connectivity index (χ0v) is 11.9. The Kier molecular flexibility index (Phi) is 4.35. The number of nitrogens with zero attached hydrogens (tertiary/aromatic N) is 1. The predicted molar refractivity (Wildman–Crippen MR) is 74.7 cm³/mol. The van der Waals surface area contributed by atoms with E-state index in [2.05, 4.69) is 10.5 Å². The minimum Gasteiger partial charge on any atom is -0.466 e. The Morgan fingerprint density at radius 2 is 1.86 bits per heavy atom. The Morgan fingerprint density at radius 1 is 1.23 bits per heavy atom. The van der Waals surface area contributed by atoms with E-state index in [1.54, 1.807) is 19.9 Å². The maximum atomic E-state index is 12.4. The minimum absolute atomic E-state index is 0.363. The first-order chi connectivity index (χ1) is 10.3. The Morgan fingerprint density at radius 3 is 2.36 bits per heavy atom. The van der Waals surface area contributed by atoms with Crippen molar-refractivity contribution in [2.75, 3.05) is 0 Å². The normalized spacial score (nSPS) is 11.9. The summed E-state index contributed by atoms with van der Waals surface area (Å²) in [4.78, 5) is 11.8. The van der Waals surface area contributed by atoms with E-state index in [4.69, 9.17) is 4.42 Å². The number of amides is 1. The molecule has 0 atom stereocenters. The Balaban J connectivity index is 2.01. The number of hydrazone groups is 1. The maximum absolute atomic E-state index is 12.4. The van der Waals surface area contributed by atoms with Gasteiger partial charge in [-0.2, -0.15) is 18.3 Å². The van der Waals surface area contributed by atoms with Crippen molar-refractivity contribution in [3.05, 3.63) is 58.5 Å². The first kappa shape index (κ1) is 15.8. The van der Waals surface area contributed by atoms with Crippen molar-refractivity contribution in [3.8, 4) is 0 Å². The molecule has 1 amide bonds. The molecule has 0 aliphatic heterocycles.